The fraction of sp³-hybridized carbons (Fsp3) is 0.200. The van der Waals surface area contributed by atoms with Crippen molar-refractivity contribution in [2.45, 2.75) is 19.4 Å². The van der Waals surface area contributed by atoms with Crippen LogP contribution in [0.4, 0.5) is 0 Å². The number of carbonyl (C=O) groups is 2. The highest BCUT2D eigenvalue weighted by molar-refractivity contribution is 7.13. The van der Waals surface area contributed by atoms with Gasteiger partial charge in [0.15, 0.2) is 0 Å². The normalized spacial score (nSPS) is 10.9. The van der Waals surface area contributed by atoms with E-state index in [0.29, 0.717) is 11.4 Å². The van der Waals surface area contributed by atoms with Crippen molar-refractivity contribution in [3.8, 4) is 0 Å². The van der Waals surface area contributed by atoms with Crippen molar-refractivity contribution in [2.75, 3.05) is 0 Å². The molecule has 0 saturated heterocycles. The molecule has 0 saturated carbocycles. The summed E-state index contributed by atoms with van der Waals surface area (Å²) in [6.07, 6.45) is 3.08. The molecule has 2 aromatic heterocycles. The van der Waals surface area contributed by atoms with Crippen LogP contribution in [0.2, 0.25) is 6.55 Å². The minimum atomic E-state index is -3.42. The Morgan fingerprint density at radius 1 is 0.957 bits per heavy atom. The van der Waals surface area contributed by atoms with Gasteiger partial charge in [0.1, 0.15) is 0 Å². The SMILES string of the molecule is C[Si](Cl)(OC(=O)Cc1ccccn1)OC(=O)Cc1ccccn1. The van der Waals surface area contributed by atoms with Crippen molar-refractivity contribution < 1.29 is 18.4 Å². The molecule has 2 heterocycles. The summed E-state index contributed by atoms with van der Waals surface area (Å²) >= 11 is 6.07. The number of aromatic nitrogens is 2. The van der Waals surface area contributed by atoms with E-state index in [4.69, 9.17) is 19.9 Å². The Morgan fingerprint density at radius 3 is 1.74 bits per heavy atom. The van der Waals surface area contributed by atoms with Gasteiger partial charge in [0.2, 0.25) is 0 Å². The van der Waals surface area contributed by atoms with E-state index in [-0.39, 0.29) is 12.8 Å². The van der Waals surface area contributed by atoms with Gasteiger partial charge in [-0.05, 0) is 24.3 Å². The van der Waals surface area contributed by atoms with Gasteiger partial charge in [-0.1, -0.05) is 23.2 Å². The van der Waals surface area contributed by atoms with Gasteiger partial charge in [0.25, 0.3) is 0 Å². The second-order valence-corrected chi connectivity index (χ2v) is 8.92. The Labute approximate surface area is 139 Å². The summed E-state index contributed by atoms with van der Waals surface area (Å²) in [4.78, 5) is 31.7. The number of hydrogen-bond acceptors (Lipinski definition) is 6. The fourth-order valence-corrected chi connectivity index (χ4v) is 3.32. The number of halogens is 1. The highest BCUT2D eigenvalue weighted by Gasteiger charge is 2.38. The lowest BCUT2D eigenvalue weighted by molar-refractivity contribution is -0.139. The summed E-state index contributed by atoms with van der Waals surface area (Å²) in [5.74, 6) is -1.17. The largest absolute Gasteiger partial charge is 0.569 e. The molecule has 0 N–H and O–H groups in total. The van der Waals surface area contributed by atoms with E-state index in [0.717, 1.165) is 0 Å². The van der Waals surface area contributed by atoms with Crippen LogP contribution in [-0.4, -0.2) is 29.8 Å². The molecule has 0 unspecified atom stereocenters. The maximum atomic E-state index is 11.9. The first-order valence-corrected chi connectivity index (χ1v) is 10.2. The van der Waals surface area contributed by atoms with Crippen LogP contribution in [0.15, 0.2) is 48.8 Å². The van der Waals surface area contributed by atoms with E-state index in [1.54, 1.807) is 48.8 Å². The summed E-state index contributed by atoms with van der Waals surface area (Å²) in [7, 11) is -3.42. The lowest BCUT2D eigenvalue weighted by atomic mass is 10.3. The molecule has 0 aliphatic rings. The van der Waals surface area contributed by atoms with Crippen molar-refractivity contribution in [3.63, 3.8) is 0 Å². The Kier molecular flexibility index (Phi) is 5.83. The van der Waals surface area contributed by atoms with Crippen molar-refractivity contribution in [1.29, 1.82) is 0 Å². The molecule has 0 spiro atoms. The third-order valence-corrected chi connectivity index (χ3v) is 4.34. The molecule has 0 atom stereocenters. The molecule has 6 nitrogen and oxygen atoms in total. The van der Waals surface area contributed by atoms with Gasteiger partial charge in [0.05, 0.1) is 24.2 Å². The highest BCUT2D eigenvalue weighted by Crippen LogP contribution is 2.15. The number of pyridine rings is 2. The maximum absolute atomic E-state index is 11.9. The van der Waals surface area contributed by atoms with Crippen LogP contribution in [0.5, 0.6) is 0 Å². The van der Waals surface area contributed by atoms with E-state index < -0.39 is 19.8 Å². The van der Waals surface area contributed by atoms with E-state index in [9.17, 15) is 9.59 Å². The predicted octanol–water partition coefficient (Wildman–Crippen LogP) is 2.16. The van der Waals surface area contributed by atoms with Crippen LogP contribution in [-0.2, 0) is 31.3 Å². The van der Waals surface area contributed by atoms with Crippen LogP contribution in [0.25, 0.3) is 0 Å². The molecule has 0 radical (unpaired) electrons. The summed E-state index contributed by atoms with van der Waals surface area (Å²) < 4.78 is 10.2. The Bertz CT molecular complexity index is 610. The fourth-order valence-electron chi connectivity index (χ4n) is 1.80. The average Bonchev–Trinajstić information content (AvgIpc) is 2.47. The van der Waals surface area contributed by atoms with Crippen molar-refractivity contribution in [3.05, 3.63) is 60.2 Å². The van der Waals surface area contributed by atoms with Crippen molar-refractivity contribution >= 4 is 30.9 Å². The molecule has 0 aliphatic heterocycles. The van der Waals surface area contributed by atoms with Crippen LogP contribution in [0.3, 0.4) is 0 Å². The van der Waals surface area contributed by atoms with Gasteiger partial charge in [-0.15, -0.1) is 0 Å². The monoisotopic (exact) mass is 350 g/mol. The van der Waals surface area contributed by atoms with Crippen LogP contribution in [0.1, 0.15) is 11.4 Å². The summed E-state index contributed by atoms with van der Waals surface area (Å²) in [5.41, 5.74) is 1.11. The van der Waals surface area contributed by atoms with E-state index in [2.05, 4.69) is 9.97 Å². The molecule has 0 amide bonds. The van der Waals surface area contributed by atoms with Crippen LogP contribution < -0.4 is 0 Å². The lowest BCUT2D eigenvalue weighted by Crippen LogP contribution is -2.38. The maximum Gasteiger partial charge on any atom is 0.569 e. The molecule has 0 aromatic carbocycles. The molecule has 0 fully saturated rings. The van der Waals surface area contributed by atoms with Crippen molar-refractivity contribution in [1.82, 2.24) is 9.97 Å². The molecule has 8 heteroatoms. The smallest absolute Gasteiger partial charge is 0.474 e. The second kappa shape index (κ2) is 7.84. The van der Waals surface area contributed by atoms with Gasteiger partial charge >= 0.3 is 19.8 Å². The Hall–Kier alpha value is -2.25. The number of rotatable bonds is 6. The van der Waals surface area contributed by atoms with Gasteiger partial charge < -0.3 is 8.85 Å². The summed E-state index contributed by atoms with van der Waals surface area (Å²) in [5, 5.41) is 0. The molecular formula is C15H15ClN2O4Si. The van der Waals surface area contributed by atoms with E-state index in [1.165, 1.54) is 6.55 Å². The summed E-state index contributed by atoms with van der Waals surface area (Å²) in [6.45, 7) is 1.42. The Balaban J connectivity index is 1.85. The zero-order valence-corrected chi connectivity index (χ0v) is 14.2. The topological polar surface area (TPSA) is 78.4 Å². The average molecular weight is 351 g/mol. The molecule has 2 aromatic rings. The predicted molar refractivity (Wildman–Crippen MR) is 85.5 cm³/mol. The van der Waals surface area contributed by atoms with Crippen LogP contribution in [0, 0.1) is 0 Å². The number of carbonyl (C=O) groups excluding carboxylic acids is 2. The standard InChI is InChI=1S/C15H15ClN2O4Si/c1-23(16,21-14(19)10-12-6-2-4-8-17-12)22-15(20)11-13-7-3-5-9-18-13/h2-9H,10-11H2,1H3. The van der Waals surface area contributed by atoms with Gasteiger partial charge in [-0.3, -0.25) is 19.6 Å². The minimum Gasteiger partial charge on any atom is -0.474 e. The molecule has 0 aliphatic carbocycles. The van der Waals surface area contributed by atoms with E-state index >= 15 is 0 Å². The molecule has 0 bridgehead atoms. The molecule has 23 heavy (non-hydrogen) atoms. The first-order chi connectivity index (χ1) is 10.9. The van der Waals surface area contributed by atoms with Crippen molar-refractivity contribution in [2.24, 2.45) is 0 Å². The summed E-state index contributed by atoms with van der Waals surface area (Å²) in [6, 6.07) is 10.4. The molecule has 120 valence electrons. The van der Waals surface area contributed by atoms with E-state index in [1.807, 2.05) is 0 Å². The highest BCUT2D eigenvalue weighted by atomic mass is 35.6. The third kappa shape index (κ3) is 6.17. The van der Waals surface area contributed by atoms with Gasteiger partial charge in [-0.25, -0.2) is 0 Å². The quantitative estimate of drug-likeness (QED) is 0.586. The molecule has 2 rings (SSSR count). The third-order valence-electron chi connectivity index (χ3n) is 2.70. The lowest BCUT2D eigenvalue weighted by Gasteiger charge is -2.19. The zero-order chi connectivity index (χ0) is 16.7. The van der Waals surface area contributed by atoms with Gasteiger partial charge in [0, 0.05) is 18.9 Å². The molecular weight excluding hydrogens is 336 g/mol. The number of nitrogens with zero attached hydrogens (tertiary/aromatic N) is 2. The minimum absolute atomic E-state index is 0.0338. The van der Waals surface area contributed by atoms with Gasteiger partial charge in [-0.2, -0.15) is 0 Å². The second-order valence-electron chi connectivity index (χ2n) is 4.78. The zero-order valence-electron chi connectivity index (χ0n) is 12.4. The van der Waals surface area contributed by atoms with Crippen LogP contribution >= 0.6 is 11.1 Å². The first-order valence-electron chi connectivity index (χ1n) is 6.87. The number of hydrogen-bond donors (Lipinski definition) is 0. The first kappa shape index (κ1) is 17.1. The Morgan fingerprint density at radius 2 is 1.39 bits per heavy atom.